The van der Waals surface area contributed by atoms with Crippen LogP contribution in [0.2, 0.25) is 0 Å². The molecule has 4 nitrogen and oxygen atoms in total. The molecule has 0 bridgehead atoms. The monoisotopic (exact) mass is 260 g/mol. The highest BCUT2D eigenvalue weighted by Gasteiger charge is 2.40. The molecule has 1 aliphatic heterocycles. The summed E-state index contributed by atoms with van der Waals surface area (Å²) in [4.78, 5) is 0. The molecule has 0 N–H and O–H groups in total. The molecular formula is C12H21O4P. The second-order valence-corrected chi connectivity index (χ2v) is 6.40. The Balaban J connectivity index is 2.26. The zero-order valence-corrected chi connectivity index (χ0v) is 11.5. The lowest BCUT2D eigenvalue weighted by atomic mass is 9.93. The van der Waals surface area contributed by atoms with Gasteiger partial charge in [-0.15, -0.1) is 0 Å². The Hall–Kier alpha value is -0.150. The summed E-state index contributed by atoms with van der Waals surface area (Å²) in [5.41, 5.74) is 1.18. The molecule has 2 aliphatic rings. The maximum atomic E-state index is 12.7. The molecular weight excluding hydrogens is 239 g/mol. The Morgan fingerprint density at radius 3 is 2.65 bits per heavy atom. The SMILES string of the molecule is CCOP(=O)(OCC)C1=C2CCCCC2OC1. The Labute approximate surface area is 103 Å². The van der Waals surface area contributed by atoms with Crippen molar-refractivity contribution in [2.24, 2.45) is 0 Å². The van der Waals surface area contributed by atoms with Crippen LogP contribution in [0.25, 0.3) is 0 Å². The average molecular weight is 260 g/mol. The van der Waals surface area contributed by atoms with Gasteiger partial charge in [0.05, 0.1) is 31.2 Å². The lowest BCUT2D eigenvalue weighted by Crippen LogP contribution is -2.14. The van der Waals surface area contributed by atoms with Gasteiger partial charge in [-0.1, -0.05) is 6.42 Å². The molecule has 0 amide bonds. The third-order valence-electron chi connectivity index (χ3n) is 3.27. The fourth-order valence-corrected chi connectivity index (χ4v) is 4.46. The van der Waals surface area contributed by atoms with Gasteiger partial charge in [0.15, 0.2) is 0 Å². The third kappa shape index (κ3) is 2.65. The van der Waals surface area contributed by atoms with Crippen LogP contribution in [0.15, 0.2) is 10.9 Å². The Bertz CT molecular complexity index is 340. The maximum Gasteiger partial charge on any atom is 0.359 e. The van der Waals surface area contributed by atoms with Crippen LogP contribution in [0.1, 0.15) is 39.5 Å². The highest BCUT2D eigenvalue weighted by Crippen LogP contribution is 2.60. The topological polar surface area (TPSA) is 44.8 Å². The number of fused-ring (bicyclic) bond motifs is 1. The highest BCUT2D eigenvalue weighted by molar-refractivity contribution is 7.58. The lowest BCUT2D eigenvalue weighted by Gasteiger charge is -2.22. The van der Waals surface area contributed by atoms with Crippen molar-refractivity contribution >= 4 is 7.60 Å². The predicted molar refractivity (Wildman–Crippen MR) is 66.1 cm³/mol. The standard InChI is InChI=1S/C12H21O4P/c1-3-15-17(13,16-4-2)12-9-14-11-8-6-5-7-10(11)12/h11H,3-9H2,1-2H3. The largest absolute Gasteiger partial charge is 0.369 e. The lowest BCUT2D eigenvalue weighted by molar-refractivity contribution is 0.102. The van der Waals surface area contributed by atoms with Crippen molar-refractivity contribution in [1.29, 1.82) is 0 Å². The van der Waals surface area contributed by atoms with Crippen LogP contribution in [0.5, 0.6) is 0 Å². The van der Waals surface area contributed by atoms with Crippen LogP contribution in [-0.2, 0) is 18.3 Å². The first-order valence-electron chi connectivity index (χ1n) is 6.44. The summed E-state index contributed by atoms with van der Waals surface area (Å²) < 4.78 is 29.2. The Kier molecular flexibility index (Phi) is 4.42. The zero-order chi connectivity index (χ0) is 12.3. The van der Waals surface area contributed by atoms with E-state index in [0.717, 1.165) is 24.6 Å². The van der Waals surface area contributed by atoms with E-state index in [9.17, 15) is 4.57 Å². The van der Waals surface area contributed by atoms with E-state index < -0.39 is 7.60 Å². The van der Waals surface area contributed by atoms with E-state index in [-0.39, 0.29) is 6.10 Å². The fraction of sp³-hybridized carbons (Fsp3) is 0.833. The average Bonchev–Trinajstić information content (AvgIpc) is 2.74. The van der Waals surface area contributed by atoms with Crippen molar-refractivity contribution in [3.8, 4) is 0 Å². The van der Waals surface area contributed by atoms with Crippen LogP contribution >= 0.6 is 7.60 Å². The van der Waals surface area contributed by atoms with Crippen LogP contribution < -0.4 is 0 Å². The molecule has 0 aromatic carbocycles. The second kappa shape index (κ2) is 5.66. The summed E-state index contributed by atoms with van der Waals surface area (Å²) in [7, 11) is -3.10. The van der Waals surface area contributed by atoms with Gasteiger partial charge in [-0.05, 0) is 38.7 Å². The predicted octanol–water partition coefficient (Wildman–Crippen LogP) is 3.48. The zero-order valence-electron chi connectivity index (χ0n) is 10.6. The molecule has 1 heterocycles. The number of rotatable bonds is 5. The third-order valence-corrected chi connectivity index (χ3v) is 5.55. The fourth-order valence-electron chi connectivity index (χ4n) is 2.55. The first-order chi connectivity index (χ1) is 8.21. The van der Waals surface area contributed by atoms with Crippen LogP contribution in [0.3, 0.4) is 0 Å². The van der Waals surface area contributed by atoms with Gasteiger partial charge < -0.3 is 13.8 Å². The summed E-state index contributed by atoms with van der Waals surface area (Å²) in [5, 5.41) is 0.797. The van der Waals surface area contributed by atoms with E-state index in [1.807, 2.05) is 13.8 Å². The van der Waals surface area contributed by atoms with Crippen molar-refractivity contribution < 1.29 is 18.3 Å². The molecule has 0 spiro atoms. The molecule has 1 unspecified atom stereocenters. The van der Waals surface area contributed by atoms with Gasteiger partial charge >= 0.3 is 7.60 Å². The van der Waals surface area contributed by atoms with Crippen LogP contribution in [0, 0.1) is 0 Å². The molecule has 1 fully saturated rings. The quantitative estimate of drug-likeness (QED) is 0.710. The van der Waals surface area contributed by atoms with Gasteiger partial charge in [0.1, 0.15) is 0 Å². The Morgan fingerprint density at radius 2 is 2.00 bits per heavy atom. The molecule has 1 atom stereocenters. The highest BCUT2D eigenvalue weighted by atomic mass is 31.2. The first-order valence-corrected chi connectivity index (χ1v) is 7.98. The molecule has 17 heavy (non-hydrogen) atoms. The van der Waals surface area contributed by atoms with E-state index in [4.69, 9.17) is 13.8 Å². The molecule has 2 rings (SSSR count). The normalized spacial score (nSPS) is 25.2. The van der Waals surface area contributed by atoms with Crippen molar-refractivity contribution in [2.75, 3.05) is 19.8 Å². The van der Waals surface area contributed by atoms with Crippen molar-refractivity contribution in [3.63, 3.8) is 0 Å². The van der Waals surface area contributed by atoms with E-state index in [2.05, 4.69) is 0 Å². The van der Waals surface area contributed by atoms with Crippen molar-refractivity contribution in [3.05, 3.63) is 10.9 Å². The summed E-state index contributed by atoms with van der Waals surface area (Å²) >= 11 is 0. The van der Waals surface area contributed by atoms with Crippen molar-refractivity contribution in [1.82, 2.24) is 0 Å². The molecule has 1 saturated carbocycles. The minimum atomic E-state index is -3.10. The van der Waals surface area contributed by atoms with E-state index in [1.165, 1.54) is 12.0 Å². The summed E-state index contributed by atoms with van der Waals surface area (Å²) in [6.45, 7) is 4.89. The van der Waals surface area contributed by atoms with E-state index >= 15 is 0 Å². The van der Waals surface area contributed by atoms with Crippen molar-refractivity contribution in [2.45, 2.75) is 45.6 Å². The van der Waals surface area contributed by atoms with Crippen LogP contribution in [0.4, 0.5) is 0 Å². The molecule has 5 heteroatoms. The molecule has 1 aliphatic carbocycles. The molecule has 0 aromatic rings. The van der Waals surface area contributed by atoms with Gasteiger partial charge in [-0.2, -0.15) is 0 Å². The van der Waals surface area contributed by atoms with E-state index in [1.54, 1.807) is 0 Å². The minimum Gasteiger partial charge on any atom is -0.369 e. The number of hydrogen-bond donors (Lipinski definition) is 0. The smallest absolute Gasteiger partial charge is 0.359 e. The summed E-state index contributed by atoms with van der Waals surface area (Å²) in [6.07, 6.45) is 4.51. The molecule has 98 valence electrons. The first kappa shape index (κ1) is 13.3. The molecule has 0 radical (unpaired) electrons. The maximum absolute atomic E-state index is 12.7. The van der Waals surface area contributed by atoms with Crippen LogP contribution in [-0.4, -0.2) is 25.9 Å². The van der Waals surface area contributed by atoms with Gasteiger partial charge in [-0.3, -0.25) is 4.57 Å². The van der Waals surface area contributed by atoms with Gasteiger partial charge in [0, 0.05) is 0 Å². The van der Waals surface area contributed by atoms with E-state index in [0.29, 0.717) is 19.8 Å². The summed E-state index contributed by atoms with van der Waals surface area (Å²) in [5.74, 6) is 0. The molecule has 0 saturated heterocycles. The molecule has 0 aromatic heterocycles. The van der Waals surface area contributed by atoms with Gasteiger partial charge in [0.25, 0.3) is 0 Å². The summed E-state index contributed by atoms with van der Waals surface area (Å²) in [6, 6.07) is 0. The Morgan fingerprint density at radius 1 is 1.29 bits per heavy atom. The second-order valence-electron chi connectivity index (χ2n) is 4.35. The number of hydrogen-bond acceptors (Lipinski definition) is 4. The minimum absolute atomic E-state index is 0.160. The van der Waals surface area contributed by atoms with Gasteiger partial charge in [-0.25, -0.2) is 0 Å². The van der Waals surface area contributed by atoms with Gasteiger partial charge in [0.2, 0.25) is 0 Å². The number of ether oxygens (including phenoxy) is 1.